The van der Waals surface area contributed by atoms with Crippen LogP contribution in [0, 0.1) is 0 Å². The van der Waals surface area contributed by atoms with E-state index in [1.165, 1.54) is 10.7 Å². The number of nitrogens with zero attached hydrogens (tertiary/aromatic N) is 2. The Hall–Kier alpha value is -2.14. The molecule has 2 aromatic rings. The van der Waals surface area contributed by atoms with E-state index in [1.54, 1.807) is 19.4 Å². The average Bonchev–Trinajstić information content (AvgIpc) is 2.50. The van der Waals surface area contributed by atoms with E-state index < -0.39 is 0 Å². The molecular formula is C16H21N3O2. The smallest absolute Gasteiger partial charge is 0.267 e. The van der Waals surface area contributed by atoms with E-state index in [9.17, 15) is 4.79 Å². The molecule has 0 saturated heterocycles. The Bertz CT molecular complexity index is 652. The fourth-order valence-electron chi connectivity index (χ4n) is 2.28. The minimum atomic E-state index is -0.121. The SMILES string of the molecule is CCNC(C)c1ccc(OC)c(Cn2ncccc2=O)c1. The molecular weight excluding hydrogens is 266 g/mol. The fraction of sp³-hybridized carbons (Fsp3) is 0.375. The summed E-state index contributed by atoms with van der Waals surface area (Å²) in [5, 5.41) is 7.47. The number of ether oxygens (including phenoxy) is 1. The molecule has 0 radical (unpaired) electrons. The zero-order valence-corrected chi connectivity index (χ0v) is 12.7. The summed E-state index contributed by atoms with van der Waals surface area (Å²) in [5.41, 5.74) is 1.99. The monoisotopic (exact) mass is 287 g/mol. The molecule has 0 aliphatic rings. The molecule has 0 amide bonds. The second-order valence-electron chi connectivity index (χ2n) is 4.87. The third-order valence-electron chi connectivity index (χ3n) is 3.42. The van der Waals surface area contributed by atoms with Gasteiger partial charge in [0.1, 0.15) is 5.75 Å². The molecule has 0 fully saturated rings. The Labute approximate surface area is 124 Å². The molecule has 1 unspecified atom stereocenters. The third kappa shape index (κ3) is 3.70. The lowest BCUT2D eigenvalue weighted by Gasteiger charge is -2.16. The summed E-state index contributed by atoms with van der Waals surface area (Å²) in [6.07, 6.45) is 1.61. The van der Waals surface area contributed by atoms with Gasteiger partial charge in [0.15, 0.2) is 0 Å². The van der Waals surface area contributed by atoms with Crippen LogP contribution in [0.15, 0.2) is 41.3 Å². The molecule has 1 aromatic heterocycles. The van der Waals surface area contributed by atoms with Crippen molar-refractivity contribution in [2.75, 3.05) is 13.7 Å². The Balaban J connectivity index is 2.34. The van der Waals surface area contributed by atoms with Gasteiger partial charge in [0.2, 0.25) is 0 Å². The molecule has 1 atom stereocenters. The highest BCUT2D eigenvalue weighted by Gasteiger charge is 2.10. The lowest BCUT2D eigenvalue weighted by Crippen LogP contribution is -2.22. The number of aromatic nitrogens is 2. The Morgan fingerprint density at radius 2 is 2.19 bits per heavy atom. The van der Waals surface area contributed by atoms with E-state index >= 15 is 0 Å². The van der Waals surface area contributed by atoms with Gasteiger partial charge < -0.3 is 10.1 Å². The number of hydrogen-bond acceptors (Lipinski definition) is 4. The van der Waals surface area contributed by atoms with Gasteiger partial charge in [0.05, 0.1) is 13.7 Å². The van der Waals surface area contributed by atoms with Crippen LogP contribution >= 0.6 is 0 Å². The summed E-state index contributed by atoms with van der Waals surface area (Å²) in [6.45, 7) is 5.49. The van der Waals surface area contributed by atoms with Gasteiger partial charge in [0.25, 0.3) is 5.56 Å². The van der Waals surface area contributed by atoms with Gasteiger partial charge in [-0.05, 0) is 37.2 Å². The van der Waals surface area contributed by atoms with Gasteiger partial charge in [-0.15, -0.1) is 0 Å². The van der Waals surface area contributed by atoms with Crippen LogP contribution in [0.25, 0.3) is 0 Å². The van der Waals surface area contributed by atoms with Gasteiger partial charge in [-0.25, -0.2) is 4.68 Å². The van der Waals surface area contributed by atoms with E-state index in [-0.39, 0.29) is 11.6 Å². The number of methoxy groups -OCH3 is 1. The first-order chi connectivity index (χ1) is 10.2. The van der Waals surface area contributed by atoms with Crippen molar-refractivity contribution >= 4 is 0 Å². The number of nitrogens with one attached hydrogen (secondary N) is 1. The highest BCUT2D eigenvalue weighted by Crippen LogP contribution is 2.23. The summed E-state index contributed by atoms with van der Waals surface area (Å²) < 4.78 is 6.82. The van der Waals surface area contributed by atoms with E-state index in [0.29, 0.717) is 6.54 Å². The van der Waals surface area contributed by atoms with Crippen molar-refractivity contribution < 1.29 is 4.74 Å². The molecule has 0 aliphatic carbocycles. The molecule has 5 heteroatoms. The number of hydrogen-bond donors (Lipinski definition) is 1. The molecule has 1 heterocycles. The van der Waals surface area contributed by atoms with Crippen molar-refractivity contribution in [2.24, 2.45) is 0 Å². The normalized spacial score (nSPS) is 12.1. The van der Waals surface area contributed by atoms with Crippen LogP contribution in [0.2, 0.25) is 0 Å². The highest BCUT2D eigenvalue weighted by atomic mass is 16.5. The van der Waals surface area contributed by atoms with Crippen molar-refractivity contribution in [2.45, 2.75) is 26.4 Å². The van der Waals surface area contributed by atoms with Crippen LogP contribution < -0.4 is 15.6 Å². The molecule has 1 N–H and O–H groups in total. The first-order valence-corrected chi connectivity index (χ1v) is 7.08. The molecule has 0 spiro atoms. The first-order valence-electron chi connectivity index (χ1n) is 7.08. The minimum Gasteiger partial charge on any atom is -0.496 e. The van der Waals surface area contributed by atoms with Gasteiger partial charge in [-0.1, -0.05) is 13.0 Å². The van der Waals surface area contributed by atoms with Crippen molar-refractivity contribution in [3.63, 3.8) is 0 Å². The van der Waals surface area contributed by atoms with Crippen molar-refractivity contribution in [1.29, 1.82) is 0 Å². The van der Waals surface area contributed by atoms with Gasteiger partial charge >= 0.3 is 0 Å². The zero-order chi connectivity index (χ0) is 15.2. The highest BCUT2D eigenvalue weighted by molar-refractivity contribution is 5.38. The first kappa shape index (κ1) is 15.3. The predicted octanol–water partition coefficient (Wildman–Crippen LogP) is 1.97. The lowest BCUT2D eigenvalue weighted by atomic mass is 10.0. The second kappa shape index (κ2) is 7.04. The maximum absolute atomic E-state index is 11.8. The summed E-state index contributed by atoms with van der Waals surface area (Å²) >= 11 is 0. The van der Waals surface area contributed by atoms with Gasteiger partial charge in [0, 0.05) is 23.9 Å². The third-order valence-corrected chi connectivity index (χ3v) is 3.42. The van der Waals surface area contributed by atoms with Crippen LogP contribution in [0.5, 0.6) is 5.75 Å². The van der Waals surface area contributed by atoms with Crippen molar-refractivity contribution in [3.8, 4) is 5.75 Å². The Morgan fingerprint density at radius 1 is 1.38 bits per heavy atom. The topological polar surface area (TPSA) is 56.1 Å². The maximum atomic E-state index is 11.8. The van der Waals surface area contributed by atoms with Gasteiger partial charge in [-0.3, -0.25) is 4.79 Å². The fourth-order valence-corrected chi connectivity index (χ4v) is 2.28. The quantitative estimate of drug-likeness (QED) is 0.882. The van der Waals surface area contributed by atoms with Crippen LogP contribution in [0.1, 0.15) is 31.0 Å². The Kier molecular flexibility index (Phi) is 5.11. The number of benzene rings is 1. The van der Waals surface area contributed by atoms with E-state index in [1.807, 2.05) is 12.1 Å². The van der Waals surface area contributed by atoms with E-state index in [4.69, 9.17) is 4.74 Å². The Morgan fingerprint density at radius 3 is 2.86 bits per heavy atom. The van der Waals surface area contributed by atoms with Crippen molar-refractivity contribution in [3.05, 3.63) is 58.0 Å². The molecule has 1 aromatic carbocycles. The summed E-state index contributed by atoms with van der Waals surface area (Å²) in [4.78, 5) is 11.8. The molecule has 0 saturated carbocycles. The summed E-state index contributed by atoms with van der Waals surface area (Å²) in [7, 11) is 1.63. The minimum absolute atomic E-state index is 0.121. The standard InChI is InChI=1S/C16H21N3O2/c1-4-17-12(2)13-7-8-15(21-3)14(10-13)11-19-16(20)6-5-9-18-19/h5-10,12,17H,4,11H2,1-3H3. The van der Waals surface area contributed by atoms with Crippen LogP contribution in [-0.2, 0) is 6.54 Å². The molecule has 0 aliphatic heterocycles. The molecule has 0 bridgehead atoms. The molecule has 21 heavy (non-hydrogen) atoms. The zero-order valence-electron chi connectivity index (χ0n) is 12.7. The maximum Gasteiger partial charge on any atom is 0.267 e. The van der Waals surface area contributed by atoms with E-state index in [2.05, 4.69) is 30.3 Å². The van der Waals surface area contributed by atoms with Crippen LogP contribution in [-0.4, -0.2) is 23.4 Å². The van der Waals surface area contributed by atoms with Crippen LogP contribution in [0.4, 0.5) is 0 Å². The lowest BCUT2D eigenvalue weighted by molar-refractivity contribution is 0.406. The molecule has 112 valence electrons. The number of rotatable bonds is 6. The predicted molar refractivity (Wildman–Crippen MR) is 82.7 cm³/mol. The van der Waals surface area contributed by atoms with Crippen LogP contribution in [0.3, 0.4) is 0 Å². The van der Waals surface area contributed by atoms with Gasteiger partial charge in [-0.2, -0.15) is 5.10 Å². The van der Waals surface area contributed by atoms with Crippen molar-refractivity contribution in [1.82, 2.24) is 15.1 Å². The molecule has 2 rings (SSSR count). The summed E-state index contributed by atoms with van der Waals surface area (Å²) in [5.74, 6) is 0.764. The average molecular weight is 287 g/mol. The largest absolute Gasteiger partial charge is 0.496 e. The molecule has 5 nitrogen and oxygen atoms in total. The second-order valence-corrected chi connectivity index (χ2v) is 4.87. The summed E-state index contributed by atoms with van der Waals surface area (Å²) in [6, 6.07) is 9.43. The van der Waals surface area contributed by atoms with E-state index in [0.717, 1.165) is 23.4 Å².